The van der Waals surface area contributed by atoms with E-state index in [1.807, 2.05) is 12.3 Å². The van der Waals surface area contributed by atoms with Crippen molar-refractivity contribution in [3.05, 3.63) is 92.9 Å². The van der Waals surface area contributed by atoms with Gasteiger partial charge in [-0.05, 0) is 49.3 Å². The van der Waals surface area contributed by atoms with Crippen LogP contribution in [0.25, 0.3) is 0 Å². The van der Waals surface area contributed by atoms with Crippen LogP contribution in [0.5, 0.6) is 0 Å². The molecule has 1 atom stereocenters. The Kier molecular flexibility index (Phi) is 6.28. The molecule has 1 unspecified atom stereocenters. The molecule has 0 radical (unpaired) electrons. The van der Waals surface area contributed by atoms with Crippen molar-refractivity contribution in [3.8, 4) is 0 Å². The van der Waals surface area contributed by atoms with Crippen molar-refractivity contribution >= 4 is 29.1 Å². The molecule has 1 aliphatic heterocycles. The van der Waals surface area contributed by atoms with E-state index in [1.54, 1.807) is 0 Å². The third kappa shape index (κ3) is 4.16. The molecule has 3 aromatic rings. The minimum atomic E-state index is -0.413. The number of H-pyrrole nitrogens is 1. The van der Waals surface area contributed by atoms with Crippen LogP contribution in [0, 0.1) is 0 Å². The number of carbonyl (C=O) groups excluding carboxylic acids is 1. The van der Waals surface area contributed by atoms with Crippen molar-refractivity contribution in [2.45, 2.75) is 43.8 Å². The number of allylic oxidation sites excluding steroid dienone is 2. The fraction of sp³-hybridized carbons (Fsp3) is 0.296. The smallest absolute Gasteiger partial charge is 0.257 e. The largest absolute Gasteiger partial charge is 0.367 e. The van der Waals surface area contributed by atoms with E-state index < -0.39 is 5.92 Å². The van der Waals surface area contributed by atoms with E-state index in [1.165, 1.54) is 17.3 Å². The Bertz CT molecular complexity index is 1300. The average Bonchev–Trinajstić information content (AvgIpc) is 2.87. The van der Waals surface area contributed by atoms with E-state index in [2.05, 4.69) is 75.6 Å². The van der Waals surface area contributed by atoms with Crippen LogP contribution >= 0.6 is 11.8 Å². The van der Waals surface area contributed by atoms with E-state index in [9.17, 15) is 9.59 Å². The van der Waals surface area contributed by atoms with Crippen LogP contribution in [0.4, 0.5) is 11.5 Å². The maximum atomic E-state index is 13.1. The Hall–Kier alpha value is -3.32. The van der Waals surface area contributed by atoms with Gasteiger partial charge in [-0.25, -0.2) is 4.98 Å². The summed E-state index contributed by atoms with van der Waals surface area (Å²) < 4.78 is 0. The van der Waals surface area contributed by atoms with Gasteiger partial charge < -0.3 is 15.2 Å². The number of aromatic nitrogens is 2. The predicted molar refractivity (Wildman–Crippen MR) is 138 cm³/mol. The summed E-state index contributed by atoms with van der Waals surface area (Å²) in [5, 5.41) is 3.88. The predicted octanol–water partition coefficient (Wildman–Crippen LogP) is 5.08. The molecule has 2 aliphatic rings. The maximum Gasteiger partial charge on any atom is 0.257 e. The number of rotatable bonds is 6. The second-order valence-electron chi connectivity index (χ2n) is 8.66. The normalized spacial score (nSPS) is 17.1. The van der Waals surface area contributed by atoms with Crippen LogP contribution < -0.4 is 15.8 Å². The highest BCUT2D eigenvalue weighted by molar-refractivity contribution is 7.98. The number of Topliss-reactive ketones (excluding diaryl/α,β-unsaturated/α-hetero) is 1. The molecule has 2 heterocycles. The van der Waals surface area contributed by atoms with Crippen LogP contribution in [0.2, 0.25) is 0 Å². The molecule has 6 nitrogen and oxygen atoms in total. The number of ketones is 1. The van der Waals surface area contributed by atoms with Gasteiger partial charge >= 0.3 is 0 Å². The van der Waals surface area contributed by atoms with Crippen molar-refractivity contribution in [3.63, 3.8) is 0 Å². The molecule has 1 aliphatic carbocycles. The number of thioether (sulfide) groups is 1. The number of anilines is 2. The molecule has 0 saturated heterocycles. The van der Waals surface area contributed by atoms with Gasteiger partial charge in [0.25, 0.3) is 5.56 Å². The lowest BCUT2D eigenvalue weighted by atomic mass is 9.76. The highest BCUT2D eigenvalue weighted by atomic mass is 32.2. The second-order valence-corrected chi connectivity index (χ2v) is 9.45. The number of hydrogen-bond acceptors (Lipinski definition) is 6. The number of nitrogens with zero attached hydrogens (tertiary/aromatic N) is 2. The third-order valence-corrected chi connectivity index (χ3v) is 7.20. The van der Waals surface area contributed by atoms with Gasteiger partial charge in [0, 0.05) is 42.4 Å². The summed E-state index contributed by atoms with van der Waals surface area (Å²) in [5.74, 6) is 0.264. The molecule has 2 N–H and O–H groups in total. The lowest BCUT2D eigenvalue weighted by molar-refractivity contribution is -0.116. The van der Waals surface area contributed by atoms with Crippen molar-refractivity contribution in [1.82, 2.24) is 9.97 Å². The Morgan fingerprint density at radius 1 is 1.06 bits per heavy atom. The van der Waals surface area contributed by atoms with E-state index >= 15 is 0 Å². The summed E-state index contributed by atoms with van der Waals surface area (Å²) in [6.45, 7) is 3.84. The summed E-state index contributed by atoms with van der Waals surface area (Å²) in [7, 11) is 0. The zero-order valence-corrected chi connectivity index (χ0v) is 20.2. The summed E-state index contributed by atoms with van der Waals surface area (Å²) in [4.78, 5) is 36.0. The monoisotopic (exact) mass is 472 g/mol. The molecule has 5 rings (SSSR count). The fourth-order valence-electron chi connectivity index (χ4n) is 4.94. The molecular formula is C27H28N4O2S. The average molecular weight is 473 g/mol. The lowest BCUT2D eigenvalue weighted by Crippen LogP contribution is -2.32. The SMILES string of the molecule is CCN(Cc1ccccc1)c1ccc(C2C3=C(CCCC3=O)Nc3nc(SC)[nH]c(=O)c32)cc1. The van der Waals surface area contributed by atoms with E-state index in [-0.39, 0.29) is 11.3 Å². The minimum absolute atomic E-state index is 0.112. The number of benzene rings is 2. The quantitative estimate of drug-likeness (QED) is 0.385. The molecule has 34 heavy (non-hydrogen) atoms. The van der Waals surface area contributed by atoms with Crippen LogP contribution in [0.1, 0.15) is 48.8 Å². The first-order valence-electron chi connectivity index (χ1n) is 11.7. The Labute approximate surface area is 203 Å². The van der Waals surface area contributed by atoms with E-state index in [0.29, 0.717) is 28.5 Å². The molecule has 0 bridgehead atoms. The minimum Gasteiger partial charge on any atom is -0.367 e. The van der Waals surface area contributed by atoms with Crippen molar-refractivity contribution in [2.24, 2.45) is 0 Å². The Morgan fingerprint density at radius 2 is 1.82 bits per heavy atom. The maximum absolute atomic E-state index is 13.1. The van der Waals surface area contributed by atoms with Crippen LogP contribution in [0.15, 0.2) is 75.8 Å². The van der Waals surface area contributed by atoms with Gasteiger partial charge in [-0.3, -0.25) is 9.59 Å². The first-order chi connectivity index (χ1) is 16.6. The molecule has 0 amide bonds. The van der Waals surface area contributed by atoms with Gasteiger partial charge in [-0.1, -0.05) is 54.2 Å². The molecule has 7 heteroatoms. The molecular weight excluding hydrogens is 444 g/mol. The first-order valence-corrected chi connectivity index (χ1v) is 12.9. The highest BCUT2D eigenvalue weighted by Gasteiger charge is 2.37. The number of hydrogen-bond donors (Lipinski definition) is 2. The molecule has 1 aromatic heterocycles. The first kappa shape index (κ1) is 22.5. The molecule has 0 saturated carbocycles. The van der Waals surface area contributed by atoms with Gasteiger partial charge in [-0.15, -0.1) is 0 Å². The Morgan fingerprint density at radius 3 is 2.53 bits per heavy atom. The summed E-state index contributed by atoms with van der Waals surface area (Å²) in [5.41, 5.74) is 5.25. The second kappa shape index (κ2) is 9.50. The molecule has 0 fully saturated rings. The topological polar surface area (TPSA) is 78.1 Å². The number of carbonyl (C=O) groups is 1. The number of aromatic amines is 1. The third-order valence-electron chi connectivity index (χ3n) is 6.62. The van der Waals surface area contributed by atoms with E-state index in [0.717, 1.165) is 42.9 Å². The molecule has 0 spiro atoms. The van der Waals surface area contributed by atoms with Gasteiger partial charge in [0.1, 0.15) is 5.82 Å². The number of nitrogens with one attached hydrogen (secondary N) is 2. The summed E-state index contributed by atoms with van der Waals surface area (Å²) >= 11 is 1.40. The zero-order chi connectivity index (χ0) is 23.7. The fourth-order valence-corrected chi connectivity index (χ4v) is 5.31. The van der Waals surface area contributed by atoms with Gasteiger partial charge in [0.15, 0.2) is 10.9 Å². The zero-order valence-electron chi connectivity index (χ0n) is 19.4. The number of fused-ring (bicyclic) bond motifs is 1. The standard InChI is InChI=1S/C27H28N4O2S/c1-3-31(16-17-8-5-4-6-9-17)19-14-12-18(13-15-19)22-23-20(10-7-11-21(23)32)28-25-24(22)26(33)30-27(29-25)34-2/h4-6,8-9,12-15,22H,3,7,10-11,16H2,1-2H3,(H2,28,29,30,33). The Balaban J connectivity index is 1.55. The highest BCUT2D eigenvalue weighted by Crippen LogP contribution is 2.43. The van der Waals surface area contributed by atoms with Crippen molar-refractivity contribution in [1.29, 1.82) is 0 Å². The van der Waals surface area contributed by atoms with Crippen LogP contribution in [0.3, 0.4) is 0 Å². The summed E-state index contributed by atoms with van der Waals surface area (Å²) in [6, 6.07) is 18.7. The summed E-state index contributed by atoms with van der Waals surface area (Å²) in [6.07, 6.45) is 4.00. The molecule has 2 aromatic carbocycles. The molecule has 174 valence electrons. The van der Waals surface area contributed by atoms with E-state index in [4.69, 9.17) is 0 Å². The van der Waals surface area contributed by atoms with Gasteiger partial charge in [-0.2, -0.15) is 0 Å². The van der Waals surface area contributed by atoms with Crippen LogP contribution in [-0.2, 0) is 11.3 Å². The van der Waals surface area contributed by atoms with Crippen molar-refractivity contribution < 1.29 is 4.79 Å². The lowest BCUT2D eigenvalue weighted by Gasteiger charge is -2.33. The van der Waals surface area contributed by atoms with Crippen LogP contribution in [-0.4, -0.2) is 28.6 Å². The van der Waals surface area contributed by atoms with Crippen molar-refractivity contribution in [2.75, 3.05) is 23.0 Å². The van der Waals surface area contributed by atoms with Gasteiger partial charge in [0.2, 0.25) is 0 Å². The van der Waals surface area contributed by atoms with Gasteiger partial charge in [0.05, 0.1) is 5.56 Å².